The Hall–Kier alpha value is -2.31. The zero-order chi connectivity index (χ0) is 20.7. The second-order valence-corrected chi connectivity index (χ2v) is 6.34. The van der Waals surface area contributed by atoms with E-state index in [0.29, 0.717) is 12.5 Å². The van der Waals surface area contributed by atoms with Gasteiger partial charge in [-0.3, -0.25) is 4.99 Å². The summed E-state index contributed by atoms with van der Waals surface area (Å²) >= 11 is 0. The molecule has 2 aromatic rings. The number of guanidine groups is 1. The lowest BCUT2D eigenvalue weighted by Crippen LogP contribution is -2.53. The maximum atomic E-state index is 13.0. The van der Waals surface area contributed by atoms with Crippen LogP contribution in [0.25, 0.3) is 0 Å². The second kappa shape index (κ2) is 11.2. The summed E-state index contributed by atoms with van der Waals surface area (Å²) in [6.07, 6.45) is -1.45. The fourth-order valence-electron chi connectivity index (χ4n) is 3.05. The summed E-state index contributed by atoms with van der Waals surface area (Å²) in [7, 11) is 1.68. The smallest absolute Gasteiger partial charge is 0.421 e. The van der Waals surface area contributed by atoms with Gasteiger partial charge < -0.3 is 19.9 Å². The van der Waals surface area contributed by atoms with E-state index < -0.39 is 17.6 Å². The molecule has 7 nitrogen and oxygen atoms in total. The molecule has 0 aromatic carbocycles. The van der Waals surface area contributed by atoms with Gasteiger partial charge in [0.15, 0.2) is 5.96 Å². The highest BCUT2D eigenvalue weighted by Gasteiger charge is 2.35. The normalized spacial score (nSPS) is 14.9. The molecule has 0 unspecified atom stereocenters. The van der Waals surface area contributed by atoms with Crippen LogP contribution >= 0.6 is 24.0 Å². The first-order valence-electron chi connectivity index (χ1n) is 9.25. The highest BCUT2D eigenvalue weighted by molar-refractivity contribution is 14.0. The Labute approximate surface area is 190 Å². The molecule has 11 heteroatoms. The number of hydrogen-bond donors (Lipinski definition) is 1. The molecule has 0 saturated carbocycles. The van der Waals surface area contributed by atoms with Crippen molar-refractivity contribution in [1.29, 1.82) is 0 Å². The van der Waals surface area contributed by atoms with Gasteiger partial charge in [-0.25, -0.2) is 9.97 Å². The largest absolute Gasteiger partial charge is 0.475 e. The maximum absolute atomic E-state index is 13.0. The van der Waals surface area contributed by atoms with Crippen LogP contribution in [-0.4, -0.2) is 67.2 Å². The Balaban J connectivity index is 0.00000320. The molecular weight excluding hydrogens is 512 g/mol. The summed E-state index contributed by atoms with van der Waals surface area (Å²) in [4.78, 5) is 16.6. The van der Waals surface area contributed by atoms with Crippen molar-refractivity contribution in [2.24, 2.45) is 4.99 Å². The molecule has 1 aliphatic rings. The van der Waals surface area contributed by atoms with Gasteiger partial charge in [0.1, 0.15) is 18.0 Å². The van der Waals surface area contributed by atoms with Gasteiger partial charge in [0.2, 0.25) is 5.88 Å². The van der Waals surface area contributed by atoms with E-state index in [4.69, 9.17) is 4.74 Å². The van der Waals surface area contributed by atoms with Gasteiger partial charge in [0.05, 0.1) is 6.54 Å². The molecule has 3 heterocycles. The van der Waals surface area contributed by atoms with Crippen molar-refractivity contribution >= 4 is 35.8 Å². The molecule has 1 fully saturated rings. The summed E-state index contributed by atoms with van der Waals surface area (Å²) in [5.74, 6) is 1.21. The number of rotatable bonds is 5. The zero-order valence-electron chi connectivity index (χ0n) is 16.5. The predicted octanol–water partition coefficient (Wildman–Crippen LogP) is 2.89. The number of piperazine rings is 1. The SMILES string of the molecule is CN=C(NCCOc1ncccc1C(F)(F)F)N1CCN(c2ccccn2)CC1.I. The van der Waals surface area contributed by atoms with Gasteiger partial charge in [0, 0.05) is 45.6 Å². The summed E-state index contributed by atoms with van der Waals surface area (Å²) in [6.45, 7) is 3.47. The van der Waals surface area contributed by atoms with E-state index in [1.165, 1.54) is 12.3 Å². The van der Waals surface area contributed by atoms with Crippen molar-refractivity contribution in [3.05, 3.63) is 48.3 Å². The number of ether oxygens (including phenoxy) is 1. The van der Waals surface area contributed by atoms with Gasteiger partial charge >= 0.3 is 6.18 Å². The van der Waals surface area contributed by atoms with Crippen molar-refractivity contribution in [1.82, 2.24) is 20.2 Å². The van der Waals surface area contributed by atoms with E-state index in [1.54, 1.807) is 13.2 Å². The Morgan fingerprint density at radius 1 is 1.10 bits per heavy atom. The molecule has 3 rings (SSSR count). The van der Waals surface area contributed by atoms with Gasteiger partial charge in [-0.2, -0.15) is 13.2 Å². The van der Waals surface area contributed by atoms with Crippen LogP contribution in [0.5, 0.6) is 5.88 Å². The molecule has 0 aliphatic carbocycles. The van der Waals surface area contributed by atoms with Gasteiger partial charge in [0.25, 0.3) is 0 Å². The van der Waals surface area contributed by atoms with E-state index in [-0.39, 0.29) is 30.6 Å². The van der Waals surface area contributed by atoms with Crippen molar-refractivity contribution in [3.63, 3.8) is 0 Å². The van der Waals surface area contributed by atoms with Gasteiger partial charge in [-0.05, 0) is 24.3 Å². The first-order valence-corrected chi connectivity index (χ1v) is 9.25. The Kier molecular flexibility index (Phi) is 8.93. The Morgan fingerprint density at radius 3 is 2.47 bits per heavy atom. The van der Waals surface area contributed by atoms with Crippen LogP contribution in [0.3, 0.4) is 0 Å². The summed E-state index contributed by atoms with van der Waals surface area (Å²) < 4.78 is 44.1. The Morgan fingerprint density at radius 2 is 1.83 bits per heavy atom. The molecule has 0 radical (unpaired) electrons. The Bertz CT molecular complexity index is 813. The van der Waals surface area contributed by atoms with E-state index in [9.17, 15) is 13.2 Å². The minimum absolute atomic E-state index is 0. The van der Waals surface area contributed by atoms with E-state index in [0.717, 1.165) is 38.1 Å². The fraction of sp³-hybridized carbons (Fsp3) is 0.421. The molecular formula is C19H24F3IN6O. The van der Waals surface area contributed by atoms with Crippen LogP contribution in [0.2, 0.25) is 0 Å². The fourth-order valence-corrected chi connectivity index (χ4v) is 3.05. The van der Waals surface area contributed by atoms with Crippen molar-refractivity contribution in [2.45, 2.75) is 6.18 Å². The lowest BCUT2D eigenvalue weighted by Gasteiger charge is -2.37. The molecule has 0 bridgehead atoms. The summed E-state index contributed by atoms with van der Waals surface area (Å²) in [6, 6.07) is 8.01. The predicted molar refractivity (Wildman–Crippen MR) is 120 cm³/mol. The number of nitrogens with zero attached hydrogens (tertiary/aromatic N) is 5. The van der Waals surface area contributed by atoms with Crippen LogP contribution in [-0.2, 0) is 6.18 Å². The van der Waals surface area contributed by atoms with Gasteiger partial charge in [-0.1, -0.05) is 6.07 Å². The molecule has 1 N–H and O–H groups in total. The van der Waals surface area contributed by atoms with Crippen LogP contribution < -0.4 is 15.0 Å². The third-order valence-electron chi connectivity index (χ3n) is 4.46. The van der Waals surface area contributed by atoms with E-state index in [1.807, 2.05) is 18.2 Å². The number of hydrogen-bond acceptors (Lipinski definition) is 5. The highest BCUT2D eigenvalue weighted by Crippen LogP contribution is 2.34. The second-order valence-electron chi connectivity index (χ2n) is 6.34. The molecule has 0 spiro atoms. The number of aromatic nitrogens is 2. The monoisotopic (exact) mass is 536 g/mol. The maximum Gasteiger partial charge on any atom is 0.421 e. The van der Waals surface area contributed by atoms with Crippen LogP contribution in [0, 0.1) is 0 Å². The topological polar surface area (TPSA) is 65.9 Å². The van der Waals surface area contributed by atoms with Crippen LogP contribution in [0.4, 0.5) is 19.0 Å². The summed E-state index contributed by atoms with van der Waals surface area (Å²) in [5, 5.41) is 3.13. The number of halogens is 4. The quantitative estimate of drug-likeness (QED) is 0.275. The number of aliphatic imine (C=N–C) groups is 1. The molecule has 1 saturated heterocycles. The van der Waals surface area contributed by atoms with Crippen molar-refractivity contribution < 1.29 is 17.9 Å². The molecule has 0 atom stereocenters. The highest BCUT2D eigenvalue weighted by atomic mass is 127. The molecule has 164 valence electrons. The van der Waals surface area contributed by atoms with E-state index >= 15 is 0 Å². The number of alkyl halides is 3. The van der Waals surface area contributed by atoms with Crippen molar-refractivity contribution in [2.75, 3.05) is 51.3 Å². The zero-order valence-corrected chi connectivity index (χ0v) is 18.8. The lowest BCUT2D eigenvalue weighted by atomic mass is 10.2. The van der Waals surface area contributed by atoms with Crippen LogP contribution in [0.1, 0.15) is 5.56 Å². The standard InChI is InChI=1S/C19H23F3N6O.HI/c1-23-18(28-12-10-27(11-13-28)16-6-2-3-7-24-16)26-9-14-29-17-15(19(20,21)22)5-4-8-25-17;/h2-8H,9-14H2,1H3,(H,23,26);1H. The van der Waals surface area contributed by atoms with Crippen LogP contribution in [0.15, 0.2) is 47.7 Å². The average Bonchev–Trinajstić information content (AvgIpc) is 2.74. The van der Waals surface area contributed by atoms with Gasteiger partial charge in [-0.15, -0.1) is 24.0 Å². The third kappa shape index (κ3) is 6.34. The molecule has 30 heavy (non-hydrogen) atoms. The minimum atomic E-state index is -4.50. The number of anilines is 1. The third-order valence-corrected chi connectivity index (χ3v) is 4.46. The summed E-state index contributed by atoms with van der Waals surface area (Å²) in [5.41, 5.74) is -0.880. The molecule has 0 amide bonds. The molecule has 1 aliphatic heterocycles. The number of nitrogens with one attached hydrogen (secondary N) is 1. The first kappa shape index (κ1) is 24.0. The average molecular weight is 536 g/mol. The van der Waals surface area contributed by atoms with Crippen molar-refractivity contribution in [3.8, 4) is 5.88 Å². The lowest BCUT2D eigenvalue weighted by molar-refractivity contribution is -0.139. The minimum Gasteiger partial charge on any atom is -0.475 e. The number of pyridine rings is 2. The first-order chi connectivity index (χ1) is 14.0. The van der Waals surface area contributed by atoms with E-state index in [2.05, 4.69) is 30.1 Å². The molecule has 2 aromatic heterocycles.